The van der Waals surface area contributed by atoms with Gasteiger partial charge in [-0.05, 0) is 37.6 Å². The Balaban J connectivity index is 1.99. The first kappa shape index (κ1) is 18.5. The fourth-order valence-electron chi connectivity index (χ4n) is 2.40. The minimum atomic E-state index is -3.56. The molecule has 1 saturated heterocycles. The van der Waals surface area contributed by atoms with Crippen LogP contribution in [0, 0.1) is 0 Å². The number of hydrogen-bond acceptors (Lipinski definition) is 5. The van der Waals surface area contributed by atoms with Crippen molar-refractivity contribution in [2.24, 2.45) is 0 Å². The van der Waals surface area contributed by atoms with E-state index in [1.165, 1.54) is 9.21 Å². The van der Waals surface area contributed by atoms with Gasteiger partial charge in [-0.2, -0.15) is 4.31 Å². The molecule has 0 radical (unpaired) electrons. The van der Waals surface area contributed by atoms with Crippen molar-refractivity contribution in [2.45, 2.75) is 25.2 Å². The topological polar surface area (TPSA) is 76.2 Å². The van der Waals surface area contributed by atoms with Gasteiger partial charge in [0, 0.05) is 26.2 Å². The standard InChI is InChI=1S/C16H24N2O5S/c1-3-13-23-14-5-7-15(8-6-14)24(20,21)18-11-9-17(10-12-18)16(19)22-4-2/h5-8H,3-4,9-13H2,1-2H3. The smallest absolute Gasteiger partial charge is 0.409 e. The van der Waals surface area contributed by atoms with Gasteiger partial charge in [-0.1, -0.05) is 6.92 Å². The molecule has 24 heavy (non-hydrogen) atoms. The molecule has 8 heteroatoms. The molecule has 1 heterocycles. The minimum Gasteiger partial charge on any atom is -0.494 e. The van der Waals surface area contributed by atoms with E-state index in [2.05, 4.69) is 0 Å². The number of ether oxygens (including phenoxy) is 2. The third-order valence-electron chi connectivity index (χ3n) is 3.70. The van der Waals surface area contributed by atoms with Crippen LogP contribution in [-0.2, 0) is 14.8 Å². The van der Waals surface area contributed by atoms with Crippen LogP contribution >= 0.6 is 0 Å². The molecule has 1 amide bonds. The number of benzene rings is 1. The molecule has 1 fully saturated rings. The Morgan fingerprint density at radius 1 is 1.08 bits per heavy atom. The molecule has 134 valence electrons. The maximum Gasteiger partial charge on any atom is 0.409 e. The Bertz CT molecular complexity index is 637. The van der Waals surface area contributed by atoms with Crippen LogP contribution in [0.4, 0.5) is 4.79 Å². The number of amides is 1. The highest BCUT2D eigenvalue weighted by molar-refractivity contribution is 7.89. The largest absolute Gasteiger partial charge is 0.494 e. The monoisotopic (exact) mass is 356 g/mol. The molecule has 2 rings (SSSR count). The Hall–Kier alpha value is -1.80. The number of hydrogen-bond donors (Lipinski definition) is 0. The summed E-state index contributed by atoms with van der Waals surface area (Å²) in [6.07, 6.45) is 0.497. The SMILES string of the molecule is CCCOc1ccc(S(=O)(=O)N2CCN(C(=O)OCC)CC2)cc1. The van der Waals surface area contributed by atoms with Crippen LogP contribution in [0.2, 0.25) is 0 Å². The lowest BCUT2D eigenvalue weighted by molar-refractivity contribution is 0.0934. The Morgan fingerprint density at radius 2 is 1.71 bits per heavy atom. The first-order chi connectivity index (χ1) is 11.5. The van der Waals surface area contributed by atoms with Gasteiger partial charge in [-0.3, -0.25) is 0 Å². The van der Waals surface area contributed by atoms with Gasteiger partial charge in [0.05, 0.1) is 18.1 Å². The maximum atomic E-state index is 12.7. The Morgan fingerprint density at radius 3 is 2.25 bits per heavy atom. The predicted molar refractivity (Wildman–Crippen MR) is 89.6 cm³/mol. The molecule has 1 aromatic carbocycles. The summed E-state index contributed by atoms with van der Waals surface area (Å²) in [5, 5.41) is 0. The van der Waals surface area contributed by atoms with Gasteiger partial charge in [0.1, 0.15) is 5.75 Å². The van der Waals surface area contributed by atoms with Gasteiger partial charge in [0.2, 0.25) is 10.0 Å². The summed E-state index contributed by atoms with van der Waals surface area (Å²) in [6.45, 7) is 5.84. The molecule has 0 unspecified atom stereocenters. The van der Waals surface area contributed by atoms with Gasteiger partial charge in [-0.15, -0.1) is 0 Å². The second-order valence-corrected chi connectivity index (χ2v) is 7.35. The highest BCUT2D eigenvalue weighted by Gasteiger charge is 2.30. The van der Waals surface area contributed by atoms with Crippen molar-refractivity contribution in [3.63, 3.8) is 0 Å². The molecule has 0 spiro atoms. The van der Waals surface area contributed by atoms with Crippen molar-refractivity contribution in [1.29, 1.82) is 0 Å². The summed E-state index contributed by atoms with van der Waals surface area (Å²) in [7, 11) is -3.56. The van der Waals surface area contributed by atoms with Gasteiger partial charge in [0.15, 0.2) is 0 Å². The second kappa shape index (κ2) is 8.34. The number of carbonyl (C=O) groups is 1. The lowest BCUT2D eigenvalue weighted by Gasteiger charge is -2.33. The van der Waals surface area contributed by atoms with E-state index < -0.39 is 16.1 Å². The number of sulfonamides is 1. The third kappa shape index (κ3) is 4.39. The van der Waals surface area contributed by atoms with E-state index in [1.54, 1.807) is 31.2 Å². The zero-order chi connectivity index (χ0) is 17.6. The molecule has 0 saturated carbocycles. The first-order valence-corrected chi connectivity index (χ1v) is 9.57. The highest BCUT2D eigenvalue weighted by atomic mass is 32.2. The molecule has 0 aromatic heterocycles. The molecular formula is C16H24N2O5S. The highest BCUT2D eigenvalue weighted by Crippen LogP contribution is 2.21. The summed E-state index contributed by atoms with van der Waals surface area (Å²) in [6, 6.07) is 6.44. The molecule has 0 N–H and O–H groups in total. The van der Waals surface area contributed by atoms with E-state index >= 15 is 0 Å². The number of nitrogens with zero attached hydrogens (tertiary/aromatic N) is 2. The van der Waals surface area contributed by atoms with Crippen LogP contribution in [0.5, 0.6) is 5.75 Å². The fourth-order valence-corrected chi connectivity index (χ4v) is 3.82. The van der Waals surface area contributed by atoms with Crippen molar-refractivity contribution in [2.75, 3.05) is 39.4 Å². The van der Waals surface area contributed by atoms with E-state index in [-0.39, 0.29) is 18.0 Å². The molecule has 1 aliphatic heterocycles. The normalized spacial score (nSPS) is 16.0. The Kier molecular flexibility index (Phi) is 6.44. The predicted octanol–water partition coefficient (Wildman–Crippen LogP) is 1.94. The van der Waals surface area contributed by atoms with E-state index in [9.17, 15) is 13.2 Å². The molecule has 0 bridgehead atoms. The average molecular weight is 356 g/mol. The zero-order valence-corrected chi connectivity index (χ0v) is 14.9. The summed E-state index contributed by atoms with van der Waals surface area (Å²) in [5.41, 5.74) is 0. The molecule has 7 nitrogen and oxygen atoms in total. The van der Waals surface area contributed by atoms with Crippen LogP contribution in [0.3, 0.4) is 0 Å². The fraction of sp³-hybridized carbons (Fsp3) is 0.562. The first-order valence-electron chi connectivity index (χ1n) is 8.13. The number of piperazine rings is 1. The van der Waals surface area contributed by atoms with Crippen LogP contribution in [0.15, 0.2) is 29.2 Å². The zero-order valence-electron chi connectivity index (χ0n) is 14.1. The molecule has 0 aliphatic carbocycles. The average Bonchev–Trinajstić information content (AvgIpc) is 2.60. The summed E-state index contributed by atoms with van der Waals surface area (Å²) >= 11 is 0. The lowest BCUT2D eigenvalue weighted by Crippen LogP contribution is -2.50. The number of carbonyl (C=O) groups excluding carboxylic acids is 1. The maximum absolute atomic E-state index is 12.7. The van der Waals surface area contributed by atoms with Crippen molar-refractivity contribution < 1.29 is 22.7 Å². The summed E-state index contributed by atoms with van der Waals surface area (Å²) in [5.74, 6) is 0.655. The van der Waals surface area contributed by atoms with Crippen LogP contribution in [0.25, 0.3) is 0 Å². The molecule has 1 aliphatic rings. The van der Waals surface area contributed by atoms with Crippen LogP contribution < -0.4 is 4.74 Å². The minimum absolute atomic E-state index is 0.232. The quantitative estimate of drug-likeness (QED) is 0.778. The van der Waals surface area contributed by atoms with Crippen molar-refractivity contribution in [3.8, 4) is 5.75 Å². The van der Waals surface area contributed by atoms with E-state index in [4.69, 9.17) is 9.47 Å². The molecular weight excluding hydrogens is 332 g/mol. The van der Waals surface area contributed by atoms with Crippen LogP contribution in [0.1, 0.15) is 20.3 Å². The van der Waals surface area contributed by atoms with Crippen LogP contribution in [-0.4, -0.2) is 63.1 Å². The van der Waals surface area contributed by atoms with E-state index in [0.29, 0.717) is 32.1 Å². The van der Waals surface area contributed by atoms with Crippen molar-refractivity contribution in [3.05, 3.63) is 24.3 Å². The van der Waals surface area contributed by atoms with Gasteiger partial charge in [0.25, 0.3) is 0 Å². The van der Waals surface area contributed by atoms with Gasteiger partial charge < -0.3 is 14.4 Å². The third-order valence-corrected chi connectivity index (χ3v) is 5.61. The molecule has 0 atom stereocenters. The van der Waals surface area contributed by atoms with Gasteiger partial charge in [-0.25, -0.2) is 13.2 Å². The summed E-state index contributed by atoms with van der Waals surface area (Å²) in [4.78, 5) is 13.4. The lowest BCUT2D eigenvalue weighted by atomic mass is 10.3. The van der Waals surface area contributed by atoms with Gasteiger partial charge >= 0.3 is 6.09 Å². The van der Waals surface area contributed by atoms with Crippen molar-refractivity contribution >= 4 is 16.1 Å². The van der Waals surface area contributed by atoms with E-state index in [1.807, 2.05) is 6.92 Å². The summed E-state index contributed by atoms with van der Waals surface area (Å²) < 4.78 is 37.1. The van der Waals surface area contributed by atoms with E-state index in [0.717, 1.165) is 6.42 Å². The molecule has 1 aromatic rings. The number of rotatable bonds is 6. The second-order valence-electron chi connectivity index (χ2n) is 5.41. The Labute approximate surface area is 143 Å². The van der Waals surface area contributed by atoms with Crippen molar-refractivity contribution in [1.82, 2.24) is 9.21 Å².